The zero-order valence-electron chi connectivity index (χ0n) is 11.1. The number of nitrogens with two attached hydrogens (primary N) is 1. The van der Waals surface area contributed by atoms with Crippen LogP contribution in [0, 0.1) is 5.92 Å². The lowest BCUT2D eigenvalue weighted by atomic mass is 10.0. The first-order valence-electron chi connectivity index (χ1n) is 6.69. The Morgan fingerprint density at radius 1 is 1.53 bits per heavy atom. The Labute approximate surface area is 116 Å². The molecule has 5 nitrogen and oxygen atoms in total. The van der Waals surface area contributed by atoms with E-state index in [4.69, 9.17) is 5.84 Å². The molecule has 0 aromatic carbocycles. The molecule has 19 heavy (non-hydrogen) atoms. The van der Waals surface area contributed by atoms with Crippen LogP contribution in [0.3, 0.4) is 0 Å². The van der Waals surface area contributed by atoms with Crippen LogP contribution in [0.15, 0.2) is 11.4 Å². The molecule has 3 heterocycles. The molecule has 3 N–H and O–H groups in total. The molecule has 1 atom stereocenters. The third-order valence-electron chi connectivity index (χ3n) is 3.61. The number of hydrogen-bond acceptors (Lipinski definition) is 6. The summed E-state index contributed by atoms with van der Waals surface area (Å²) in [6.07, 6.45) is 2.60. The van der Waals surface area contributed by atoms with E-state index in [1.54, 1.807) is 11.3 Å². The van der Waals surface area contributed by atoms with E-state index < -0.39 is 0 Å². The predicted octanol–water partition coefficient (Wildman–Crippen LogP) is 2.21. The third-order valence-corrected chi connectivity index (χ3v) is 4.42. The van der Waals surface area contributed by atoms with E-state index in [1.165, 1.54) is 12.8 Å². The minimum absolute atomic E-state index is 0.728. The molecular weight excluding hydrogens is 258 g/mol. The van der Waals surface area contributed by atoms with E-state index in [-0.39, 0.29) is 0 Å². The van der Waals surface area contributed by atoms with Crippen LogP contribution in [0.5, 0.6) is 0 Å². The molecular formula is C13H19N5S. The second-order valence-corrected chi connectivity index (χ2v) is 6.15. The second kappa shape index (κ2) is 5.40. The van der Waals surface area contributed by atoms with E-state index >= 15 is 0 Å². The smallest absolute Gasteiger partial charge is 0.152 e. The SMILES string of the molecule is CC1CCCN(Cc2nc(NN)c3ccsc3n2)C1. The fourth-order valence-corrected chi connectivity index (χ4v) is 3.49. The average molecular weight is 277 g/mol. The summed E-state index contributed by atoms with van der Waals surface area (Å²) in [7, 11) is 0. The maximum absolute atomic E-state index is 5.55. The zero-order valence-corrected chi connectivity index (χ0v) is 11.9. The van der Waals surface area contributed by atoms with Gasteiger partial charge in [0.15, 0.2) is 5.82 Å². The molecule has 0 aliphatic carbocycles. The van der Waals surface area contributed by atoms with Gasteiger partial charge in [-0.25, -0.2) is 15.8 Å². The molecule has 102 valence electrons. The van der Waals surface area contributed by atoms with E-state index in [2.05, 4.69) is 27.2 Å². The van der Waals surface area contributed by atoms with Gasteiger partial charge in [-0.2, -0.15) is 0 Å². The van der Waals surface area contributed by atoms with Crippen molar-refractivity contribution in [2.75, 3.05) is 18.5 Å². The minimum Gasteiger partial charge on any atom is -0.308 e. The molecule has 1 aliphatic heterocycles. The van der Waals surface area contributed by atoms with Crippen molar-refractivity contribution in [2.45, 2.75) is 26.3 Å². The van der Waals surface area contributed by atoms with Crippen molar-refractivity contribution in [1.82, 2.24) is 14.9 Å². The number of hydrazine groups is 1. The molecule has 0 bridgehead atoms. The number of rotatable bonds is 3. The Bertz CT molecular complexity index is 567. The molecule has 0 amide bonds. The average Bonchev–Trinajstić information content (AvgIpc) is 2.86. The normalized spacial score (nSPS) is 20.8. The first kappa shape index (κ1) is 12.8. The van der Waals surface area contributed by atoms with Gasteiger partial charge in [0.2, 0.25) is 0 Å². The Kier molecular flexibility index (Phi) is 3.63. The van der Waals surface area contributed by atoms with Gasteiger partial charge in [-0.3, -0.25) is 4.90 Å². The van der Waals surface area contributed by atoms with Crippen molar-refractivity contribution in [3.05, 3.63) is 17.3 Å². The van der Waals surface area contributed by atoms with Gasteiger partial charge in [0.05, 0.1) is 11.9 Å². The van der Waals surface area contributed by atoms with Gasteiger partial charge in [-0.1, -0.05) is 6.92 Å². The van der Waals surface area contributed by atoms with Gasteiger partial charge in [0.1, 0.15) is 10.7 Å². The largest absolute Gasteiger partial charge is 0.308 e. The first-order chi connectivity index (χ1) is 9.26. The molecule has 0 spiro atoms. The summed E-state index contributed by atoms with van der Waals surface area (Å²) in [6, 6.07) is 2.00. The maximum Gasteiger partial charge on any atom is 0.152 e. The summed E-state index contributed by atoms with van der Waals surface area (Å²) < 4.78 is 0. The summed E-state index contributed by atoms with van der Waals surface area (Å²) in [5.41, 5.74) is 2.68. The van der Waals surface area contributed by atoms with Gasteiger partial charge < -0.3 is 5.43 Å². The predicted molar refractivity (Wildman–Crippen MR) is 78.9 cm³/mol. The van der Waals surface area contributed by atoms with E-state index in [0.717, 1.165) is 47.4 Å². The van der Waals surface area contributed by atoms with Gasteiger partial charge >= 0.3 is 0 Å². The van der Waals surface area contributed by atoms with Crippen LogP contribution in [0.4, 0.5) is 5.82 Å². The standard InChI is InChI=1S/C13H19N5S/c1-9-3-2-5-18(7-9)8-11-15-12(17-14)10-4-6-19-13(10)16-11/h4,6,9H,2-3,5,7-8,14H2,1H3,(H,15,16,17). The molecule has 3 rings (SSSR count). The number of aromatic nitrogens is 2. The quantitative estimate of drug-likeness (QED) is 0.665. The molecule has 6 heteroatoms. The van der Waals surface area contributed by atoms with Crippen LogP contribution in [-0.4, -0.2) is 28.0 Å². The summed E-state index contributed by atoms with van der Waals surface area (Å²) in [5.74, 6) is 7.91. The fourth-order valence-electron chi connectivity index (χ4n) is 2.71. The number of nitrogen functional groups attached to an aromatic ring is 1. The summed E-state index contributed by atoms with van der Waals surface area (Å²) in [6.45, 7) is 5.40. The molecule has 2 aromatic rings. The topological polar surface area (TPSA) is 67.1 Å². The van der Waals surface area contributed by atoms with Crippen molar-refractivity contribution in [1.29, 1.82) is 0 Å². The van der Waals surface area contributed by atoms with Gasteiger partial charge in [0.25, 0.3) is 0 Å². The highest BCUT2D eigenvalue weighted by atomic mass is 32.1. The van der Waals surface area contributed by atoms with Gasteiger partial charge in [-0.15, -0.1) is 11.3 Å². The molecule has 2 aromatic heterocycles. The Hall–Kier alpha value is -1.24. The van der Waals surface area contributed by atoms with E-state index in [0.29, 0.717) is 0 Å². The monoisotopic (exact) mass is 277 g/mol. The number of nitrogens with zero attached hydrogens (tertiary/aromatic N) is 3. The molecule has 1 saturated heterocycles. The molecule has 1 fully saturated rings. The number of hydrogen-bond donors (Lipinski definition) is 2. The van der Waals surface area contributed by atoms with Crippen molar-refractivity contribution in [2.24, 2.45) is 11.8 Å². The number of thiophene rings is 1. The minimum atomic E-state index is 0.728. The van der Waals surface area contributed by atoms with Crippen LogP contribution in [-0.2, 0) is 6.54 Å². The Morgan fingerprint density at radius 3 is 3.21 bits per heavy atom. The van der Waals surface area contributed by atoms with Crippen molar-refractivity contribution in [3.8, 4) is 0 Å². The van der Waals surface area contributed by atoms with Crippen LogP contribution < -0.4 is 11.3 Å². The highest BCUT2D eigenvalue weighted by molar-refractivity contribution is 7.16. The number of likely N-dealkylation sites (tertiary alicyclic amines) is 1. The number of nitrogens with one attached hydrogen (secondary N) is 1. The summed E-state index contributed by atoms with van der Waals surface area (Å²) in [4.78, 5) is 12.6. The van der Waals surface area contributed by atoms with Crippen molar-refractivity contribution in [3.63, 3.8) is 0 Å². The first-order valence-corrected chi connectivity index (χ1v) is 7.57. The van der Waals surface area contributed by atoms with Crippen LogP contribution in [0.1, 0.15) is 25.6 Å². The molecule has 1 unspecified atom stereocenters. The van der Waals surface area contributed by atoms with E-state index in [1.807, 2.05) is 11.4 Å². The van der Waals surface area contributed by atoms with E-state index in [9.17, 15) is 0 Å². The van der Waals surface area contributed by atoms with Gasteiger partial charge in [0, 0.05) is 6.54 Å². The molecule has 0 saturated carbocycles. The summed E-state index contributed by atoms with van der Waals surface area (Å²) in [5, 5.41) is 3.02. The lowest BCUT2D eigenvalue weighted by Gasteiger charge is -2.30. The van der Waals surface area contributed by atoms with Crippen LogP contribution in [0.2, 0.25) is 0 Å². The molecule has 1 aliphatic rings. The highest BCUT2D eigenvalue weighted by Crippen LogP contribution is 2.25. The second-order valence-electron chi connectivity index (χ2n) is 5.25. The van der Waals surface area contributed by atoms with Crippen LogP contribution >= 0.6 is 11.3 Å². The fraction of sp³-hybridized carbons (Fsp3) is 0.538. The van der Waals surface area contributed by atoms with Crippen molar-refractivity contribution < 1.29 is 0 Å². The molecule has 0 radical (unpaired) electrons. The highest BCUT2D eigenvalue weighted by Gasteiger charge is 2.18. The number of anilines is 1. The van der Waals surface area contributed by atoms with Crippen LogP contribution in [0.25, 0.3) is 10.2 Å². The third kappa shape index (κ3) is 2.70. The van der Waals surface area contributed by atoms with Crippen molar-refractivity contribution >= 4 is 27.4 Å². The lowest BCUT2D eigenvalue weighted by molar-refractivity contribution is 0.173. The number of piperidine rings is 1. The van der Waals surface area contributed by atoms with Gasteiger partial charge in [-0.05, 0) is 36.8 Å². The lowest BCUT2D eigenvalue weighted by Crippen LogP contribution is -2.34. The maximum atomic E-state index is 5.55. The number of fused-ring (bicyclic) bond motifs is 1. The summed E-state index contributed by atoms with van der Waals surface area (Å²) >= 11 is 1.63. The Morgan fingerprint density at radius 2 is 2.42 bits per heavy atom. The zero-order chi connectivity index (χ0) is 13.2. The Balaban J connectivity index is 1.84.